The number of phenols is 1. The monoisotopic (exact) mass is 917 g/mol. The van der Waals surface area contributed by atoms with Crippen LogP contribution in [0.2, 0.25) is 23.2 Å². The molecule has 0 saturated carbocycles. The van der Waals surface area contributed by atoms with Gasteiger partial charge in [0.15, 0.2) is 14.6 Å². The van der Waals surface area contributed by atoms with Crippen molar-refractivity contribution in [2.45, 2.75) is 108 Å². The number of benzene rings is 3. The van der Waals surface area contributed by atoms with Crippen molar-refractivity contribution in [1.82, 2.24) is 24.1 Å². The van der Waals surface area contributed by atoms with Crippen molar-refractivity contribution in [3.8, 4) is 17.0 Å². The van der Waals surface area contributed by atoms with Gasteiger partial charge in [-0.25, -0.2) is 9.18 Å². The summed E-state index contributed by atoms with van der Waals surface area (Å²) in [6, 6.07) is 14.2. The summed E-state index contributed by atoms with van der Waals surface area (Å²) in [7, 11) is 3.32. The van der Waals surface area contributed by atoms with E-state index in [9.17, 15) is 14.3 Å². The van der Waals surface area contributed by atoms with Crippen molar-refractivity contribution >= 4 is 59.3 Å². The fourth-order valence-electron chi connectivity index (χ4n) is 8.29. The molecular formula is C48H61ClFN5O6SSi. The van der Waals surface area contributed by atoms with Crippen LogP contribution in [0.4, 0.5) is 4.39 Å². The van der Waals surface area contributed by atoms with E-state index in [0.29, 0.717) is 78.6 Å². The molecule has 1 fully saturated rings. The number of ether oxygens (including phenoxy) is 3. The van der Waals surface area contributed by atoms with Crippen LogP contribution in [0.3, 0.4) is 0 Å². The summed E-state index contributed by atoms with van der Waals surface area (Å²) >= 11 is 8.98. The van der Waals surface area contributed by atoms with Gasteiger partial charge in [0, 0.05) is 73.0 Å². The molecule has 0 aliphatic carbocycles. The van der Waals surface area contributed by atoms with Crippen molar-refractivity contribution in [3.05, 3.63) is 99.3 Å². The minimum absolute atomic E-state index is 0.0865. The number of nitrogens with zero attached hydrogens (tertiary/aromatic N) is 5. The summed E-state index contributed by atoms with van der Waals surface area (Å²) in [6.45, 7) is 13.2. The van der Waals surface area contributed by atoms with E-state index in [4.69, 9.17) is 40.4 Å². The van der Waals surface area contributed by atoms with Crippen LogP contribution in [-0.4, -0.2) is 76.7 Å². The number of esters is 1. The van der Waals surface area contributed by atoms with Gasteiger partial charge in [-0.15, -0.1) is 0 Å². The number of hydrogen-bond acceptors (Lipinski definition) is 9. The number of methoxy groups -OCH3 is 1. The molecule has 11 nitrogen and oxygen atoms in total. The van der Waals surface area contributed by atoms with Gasteiger partial charge in [-0.05, 0) is 116 Å². The Kier molecular flexibility index (Phi) is 14.8. The number of aromatic hydroxyl groups is 1. The Labute approximate surface area is 380 Å². The number of carbonyl (C=O) groups is 1. The van der Waals surface area contributed by atoms with Gasteiger partial charge in [-0.2, -0.15) is 22.0 Å². The van der Waals surface area contributed by atoms with Crippen LogP contribution in [0.5, 0.6) is 5.75 Å². The molecular weight excluding hydrogens is 857 g/mol. The van der Waals surface area contributed by atoms with E-state index in [1.165, 1.54) is 19.2 Å². The molecule has 3 aromatic carbocycles. The number of aryl methyl sites for hydroxylation is 5. The van der Waals surface area contributed by atoms with Gasteiger partial charge in [0.25, 0.3) is 0 Å². The number of fused-ring (bicyclic) bond motifs is 2. The Morgan fingerprint density at radius 3 is 2.56 bits per heavy atom. The topological polar surface area (TPSA) is 115 Å². The lowest BCUT2D eigenvalue weighted by Gasteiger charge is -2.36. The number of carbonyl (C=O) groups excluding carboxylic acids is 1. The molecule has 63 heavy (non-hydrogen) atoms. The zero-order valence-corrected chi connectivity index (χ0v) is 40.4. The van der Waals surface area contributed by atoms with Crippen molar-refractivity contribution in [3.63, 3.8) is 0 Å². The normalized spacial score (nSPS) is 14.9. The van der Waals surface area contributed by atoms with Crippen LogP contribution in [0.1, 0.15) is 85.0 Å². The van der Waals surface area contributed by atoms with Crippen LogP contribution in [0.25, 0.3) is 32.9 Å². The first-order valence-electron chi connectivity index (χ1n) is 21.9. The van der Waals surface area contributed by atoms with E-state index in [0.717, 1.165) is 75.9 Å². The van der Waals surface area contributed by atoms with Crippen molar-refractivity contribution in [2.24, 2.45) is 14.1 Å². The van der Waals surface area contributed by atoms with Crippen LogP contribution in [0.15, 0.2) is 54.7 Å². The number of phenolic OH excluding ortho intramolecular Hbond substituents is 1. The molecule has 3 aromatic heterocycles. The van der Waals surface area contributed by atoms with Crippen molar-refractivity contribution in [1.29, 1.82) is 0 Å². The molecule has 1 N–H and O–H groups in total. The van der Waals surface area contributed by atoms with E-state index < -0.39 is 14.3 Å². The van der Waals surface area contributed by atoms with E-state index in [2.05, 4.69) is 39.9 Å². The predicted molar refractivity (Wildman–Crippen MR) is 253 cm³/mol. The molecule has 7 rings (SSSR count). The first-order chi connectivity index (χ1) is 30.1. The zero-order valence-electron chi connectivity index (χ0n) is 37.9. The lowest BCUT2D eigenvalue weighted by Crippen LogP contribution is -2.41. The Hall–Kier alpha value is -4.18. The van der Waals surface area contributed by atoms with Gasteiger partial charge in [-0.1, -0.05) is 44.5 Å². The van der Waals surface area contributed by atoms with Crippen LogP contribution >= 0.6 is 23.4 Å². The molecule has 0 bridgehead atoms. The smallest absolute Gasteiger partial charge is 0.354 e. The van der Waals surface area contributed by atoms with Gasteiger partial charge in [0.1, 0.15) is 17.3 Å². The average molecular weight is 919 g/mol. The van der Waals surface area contributed by atoms with Gasteiger partial charge < -0.3 is 28.3 Å². The molecule has 6 aromatic rings. The third-order valence-corrected chi connectivity index (χ3v) is 18.5. The summed E-state index contributed by atoms with van der Waals surface area (Å²) < 4.78 is 44.0. The maximum atomic E-state index is 13.9. The average Bonchev–Trinajstić information content (AvgIpc) is 3.89. The van der Waals surface area contributed by atoms with Crippen molar-refractivity contribution < 1.29 is 32.9 Å². The van der Waals surface area contributed by atoms with Crippen LogP contribution in [-0.2, 0) is 70.0 Å². The number of rotatable bonds is 18. The predicted octanol–water partition coefficient (Wildman–Crippen LogP) is 10.9. The lowest BCUT2D eigenvalue weighted by atomic mass is 10.0. The third kappa shape index (κ3) is 10.5. The molecule has 1 aliphatic heterocycles. The number of aromatic nitrogens is 5. The zero-order chi connectivity index (χ0) is 45.1. The second kappa shape index (κ2) is 19.9. The highest BCUT2D eigenvalue weighted by Gasteiger charge is 2.37. The Bertz CT molecular complexity index is 2580. The van der Waals surface area contributed by atoms with E-state index >= 15 is 0 Å². The summed E-state index contributed by atoms with van der Waals surface area (Å²) in [5, 5.41) is 23.0. The molecule has 1 atom stereocenters. The minimum atomic E-state index is -1.97. The summed E-state index contributed by atoms with van der Waals surface area (Å²) in [5.74, 6) is 0.711. The molecule has 0 amide bonds. The molecule has 15 heteroatoms. The number of thioether (sulfide) groups is 1. The first-order valence-corrected chi connectivity index (χ1v) is 26.3. The van der Waals surface area contributed by atoms with Gasteiger partial charge in [0.05, 0.1) is 41.8 Å². The molecule has 338 valence electrons. The van der Waals surface area contributed by atoms with E-state index in [1.807, 2.05) is 52.4 Å². The highest BCUT2D eigenvalue weighted by Crippen LogP contribution is 2.42. The second-order valence-corrected chi connectivity index (χ2v) is 24.2. The van der Waals surface area contributed by atoms with E-state index in [1.54, 1.807) is 23.9 Å². The van der Waals surface area contributed by atoms with Crippen molar-refractivity contribution in [2.75, 3.05) is 26.9 Å². The summed E-state index contributed by atoms with van der Waals surface area (Å²) in [5.41, 5.74) is 7.85. The molecule has 1 unspecified atom stereocenters. The maximum Gasteiger partial charge on any atom is 0.354 e. The Morgan fingerprint density at radius 2 is 1.81 bits per heavy atom. The molecule has 0 radical (unpaired) electrons. The second-order valence-electron chi connectivity index (χ2n) is 18.0. The fourth-order valence-corrected chi connectivity index (χ4v) is 10.5. The summed E-state index contributed by atoms with van der Waals surface area (Å²) in [6.07, 6.45) is 7.25. The van der Waals surface area contributed by atoms with Gasteiger partial charge in [0.2, 0.25) is 0 Å². The number of halogens is 2. The lowest BCUT2D eigenvalue weighted by molar-refractivity contribution is -0.163. The summed E-state index contributed by atoms with van der Waals surface area (Å²) in [4.78, 5) is 13.9. The SMILES string of the molecule is COC(=O)c1c(CCCO[Si](C)(C)C(C)(C)C)c2ccc(Cl)c(-c3c(CSCc4cc(CCc5cc(O)c6ccc(F)cc6c5)n(C)n4)cnn3C)c2n1CCOC1CCCCO1. The van der Waals surface area contributed by atoms with E-state index in [-0.39, 0.29) is 22.9 Å². The largest absolute Gasteiger partial charge is 0.507 e. The van der Waals surface area contributed by atoms with Gasteiger partial charge >= 0.3 is 5.97 Å². The van der Waals surface area contributed by atoms with Crippen LogP contribution < -0.4 is 0 Å². The number of hydrogen-bond donors (Lipinski definition) is 1. The maximum absolute atomic E-state index is 13.9. The van der Waals surface area contributed by atoms with Gasteiger partial charge in [-0.3, -0.25) is 9.36 Å². The Balaban J connectivity index is 1.15. The molecule has 4 heterocycles. The first kappa shape index (κ1) is 46.8. The standard InChI is InChI=1S/C48H61ClFN5O6SSi/c1-48(2,3)63(7,8)61-22-11-12-38-39-18-19-40(49)43(45(39)55(46(38)47(57)58-6)20-23-60-42-13-9-10-21-59-42)44-33(28-51-54(44)5)29-62-30-35-27-36(53(4)52-35)16-14-31-24-32-26-34(50)15-17-37(32)41(56)25-31/h15,17-19,24-28,42,56H,9-14,16,20-23,29-30H2,1-8H3. The highest BCUT2D eigenvalue weighted by atomic mass is 35.5. The molecule has 1 saturated heterocycles. The molecule has 1 aliphatic rings. The fraction of sp³-hybridized carbons (Fsp3) is 0.479. The quantitative estimate of drug-likeness (QED) is 0.0511. The Morgan fingerprint density at radius 1 is 1.02 bits per heavy atom. The van der Waals surface area contributed by atoms with Crippen LogP contribution in [0, 0.1) is 5.82 Å². The minimum Gasteiger partial charge on any atom is -0.507 e. The third-order valence-electron chi connectivity index (χ3n) is 12.7. The molecule has 0 spiro atoms. The highest BCUT2D eigenvalue weighted by molar-refractivity contribution is 7.97.